The second kappa shape index (κ2) is 5.48. The minimum atomic E-state index is -0.641. The molecule has 5 nitrogen and oxygen atoms in total. The normalized spacial score (nSPS) is 26.8. The maximum Gasteiger partial charge on any atom is 0.231 e. The van der Waals surface area contributed by atoms with Crippen molar-refractivity contribution in [1.82, 2.24) is 0 Å². The Bertz CT molecular complexity index is 517. The van der Waals surface area contributed by atoms with Gasteiger partial charge in [-0.25, -0.2) is 0 Å². The van der Waals surface area contributed by atoms with Crippen molar-refractivity contribution in [2.24, 2.45) is 0 Å². The largest absolute Gasteiger partial charge is 0.454 e. The van der Waals surface area contributed by atoms with E-state index in [0.29, 0.717) is 32.8 Å². The first-order valence-corrected chi connectivity index (χ1v) is 7.52. The molecule has 1 fully saturated rings. The molecule has 2 heterocycles. The predicted octanol–water partition coefficient (Wildman–Crippen LogP) is 0.799. The second-order valence-corrected chi connectivity index (χ2v) is 6.64. The molecule has 2 aliphatic heterocycles. The van der Waals surface area contributed by atoms with E-state index < -0.39 is 5.60 Å². The van der Waals surface area contributed by atoms with E-state index in [-0.39, 0.29) is 5.60 Å². The second-order valence-electron chi connectivity index (χ2n) is 6.64. The molecule has 3 N–H and O–H groups in total. The molecular formula is C16H24NO4+. The summed E-state index contributed by atoms with van der Waals surface area (Å²) >= 11 is 0. The fourth-order valence-electron chi connectivity index (χ4n) is 3.20. The summed E-state index contributed by atoms with van der Waals surface area (Å²) in [6, 6.07) is 6.00. The van der Waals surface area contributed by atoms with Gasteiger partial charge in [0.2, 0.25) is 6.79 Å². The summed E-state index contributed by atoms with van der Waals surface area (Å²) in [7, 11) is 0. The average Bonchev–Trinajstić information content (AvgIpc) is 2.84. The molecule has 0 amide bonds. The topological polar surface area (TPSA) is 64.5 Å². The quantitative estimate of drug-likeness (QED) is 0.862. The van der Waals surface area contributed by atoms with Gasteiger partial charge >= 0.3 is 0 Å². The third-order valence-corrected chi connectivity index (χ3v) is 4.16. The highest BCUT2D eigenvalue weighted by Gasteiger charge is 2.40. The summed E-state index contributed by atoms with van der Waals surface area (Å²) in [6.07, 6.45) is 1.38. The van der Waals surface area contributed by atoms with Crippen LogP contribution in [0.25, 0.3) is 0 Å². The van der Waals surface area contributed by atoms with Gasteiger partial charge in [-0.2, -0.15) is 0 Å². The van der Waals surface area contributed by atoms with Gasteiger partial charge in [0.05, 0.1) is 12.2 Å². The fourth-order valence-corrected chi connectivity index (χ4v) is 3.20. The van der Waals surface area contributed by atoms with Gasteiger partial charge < -0.3 is 24.6 Å². The molecule has 0 aliphatic carbocycles. The number of hydrogen-bond donors (Lipinski definition) is 2. The van der Waals surface area contributed by atoms with Crippen LogP contribution in [-0.2, 0) is 11.3 Å². The number of aliphatic hydroxyl groups is 1. The lowest BCUT2D eigenvalue weighted by Gasteiger charge is -2.40. The minimum absolute atomic E-state index is 0.237. The molecule has 3 rings (SSSR count). The van der Waals surface area contributed by atoms with E-state index in [1.54, 1.807) is 0 Å². The van der Waals surface area contributed by atoms with Gasteiger partial charge in [0.1, 0.15) is 18.7 Å². The van der Waals surface area contributed by atoms with Gasteiger partial charge in [0, 0.05) is 18.4 Å². The first-order chi connectivity index (χ1) is 9.96. The highest BCUT2D eigenvalue weighted by molar-refractivity contribution is 5.44. The summed E-state index contributed by atoms with van der Waals surface area (Å²) in [5, 5.41) is 12.8. The van der Waals surface area contributed by atoms with Gasteiger partial charge in [-0.1, -0.05) is 0 Å². The molecule has 21 heavy (non-hydrogen) atoms. The van der Waals surface area contributed by atoms with Crippen molar-refractivity contribution in [1.29, 1.82) is 0 Å². The molecule has 0 bridgehead atoms. The van der Waals surface area contributed by atoms with Crippen LogP contribution in [0.3, 0.4) is 0 Å². The molecular weight excluding hydrogens is 270 g/mol. The van der Waals surface area contributed by atoms with Gasteiger partial charge in [-0.15, -0.1) is 0 Å². The number of quaternary nitrogens is 1. The Balaban J connectivity index is 1.54. The van der Waals surface area contributed by atoms with Crippen molar-refractivity contribution in [3.05, 3.63) is 23.8 Å². The lowest BCUT2D eigenvalue weighted by molar-refractivity contribution is -0.683. The van der Waals surface area contributed by atoms with Crippen LogP contribution in [0.4, 0.5) is 0 Å². The Hall–Kier alpha value is -1.30. The fraction of sp³-hybridized carbons (Fsp3) is 0.625. The van der Waals surface area contributed by atoms with Gasteiger partial charge in [0.15, 0.2) is 11.5 Å². The zero-order chi connectivity index (χ0) is 14.9. The Morgan fingerprint density at radius 2 is 2.05 bits per heavy atom. The standard InChI is InChI=1S/C16H23NO4/c1-15(2)9-16(18,5-6-21-15)10-17-8-12-3-4-13-14(7-12)20-11-19-13/h3-4,7,17-18H,5-6,8-11H2,1-2H3/p+1/t16-/m1/s1. The predicted molar refractivity (Wildman–Crippen MR) is 77.3 cm³/mol. The Kier molecular flexibility index (Phi) is 3.82. The average molecular weight is 294 g/mol. The molecule has 0 spiro atoms. The number of hydrogen-bond acceptors (Lipinski definition) is 4. The van der Waals surface area contributed by atoms with E-state index >= 15 is 0 Å². The van der Waals surface area contributed by atoms with Crippen molar-refractivity contribution in [2.45, 2.75) is 44.4 Å². The summed E-state index contributed by atoms with van der Waals surface area (Å²) in [4.78, 5) is 0. The van der Waals surface area contributed by atoms with Crippen molar-refractivity contribution in [3.63, 3.8) is 0 Å². The summed E-state index contributed by atoms with van der Waals surface area (Å²) in [5.74, 6) is 1.62. The van der Waals surface area contributed by atoms with E-state index in [9.17, 15) is 5.11 Å². The molecule has 1 saturated heterocycles. The first-order valence-electron chi connectivity index (χ1n) is 7.52. The Morgan fingerprint density at radius 1 is 1.24 bits per heavy atom. The van der Waals surface area contributed by atoms with Crippen molar-refractivity contribution >= 4 is 0 Å². The SMILES string of the molecule is CC1(C)C[C@@](O)(C[NH2+]Cc2ccc3c(c2)OCO3)CCO1. The highest BCUT2D eigenvalue weighted by Crippen LogP contribution is 2.32. The lowest BCUT2D eigenvalue weighted by atomic mass is 9.84. The third kappa shape index (κ3) is 3.48. The van der Waals surface area contributed by atoms with Crippen LogP contribution in [0, 0.1) is 0 Å². The van der Waals surface area contributed by atoms with E-state index in [2.05, 4.69) is 5.32 Å². The Labute approximate surface area is 125 Å². The van der Waals surface area contributed by atoms with Gasteiger partial charge in [0.25, 0.3) is 0 Å². The maximum atomic E-state index is 10.7. The van der Waals surface area contributed by atoms with E-state index in [0.717, 1.165) is 18.0 Å². The van der Waals surface area contributed by atoms with Crippen LogP contribution in [0.2, 0.25) is 0 Å². The van der Waals surface area contributed by atoms with Crippen molar-refractivity contribution in [2.75, 3.05) is 19.9 Å². The van der Waals surface area contributed by atoms with Crippen molar-refractivity contribution in [3.8, 4) is 11.5 Å². The molecule has 1 atom stereocenters. The van der Waals surface area contributed by atoms with Crippen LogP contribution in [-0.4, -0.2) is 36.3 Å². The van der Waals surface area contributed by atoms with E-state index in [1.165, 1.54) is 5.56 Å². The molecule has 116 valence electrons. The highest BCUT2D eigenvalue weighted by atomic mass is 16.7. The van der Waals surface area contributed by atoms with Crippen LogP contribution >= 0.6 is 0 Å². The molecule has 1 aromatic rings. The van der Waals surface area contributed by atoms with Crippen LogP contribution in [0.1, 0.15) is 32.3 Å². The lowest BCUT2D eigenvalue weighted by Crippen LogP contribution is -2.87. The molecule has 2 aliphatic rings. The first kappa shape index (κ1) is 14.6. The molecule has 0 saturated carbocycles. The number of fused-ring (bicyclic) bond motifs is 1. The van der Waals surface area contributed by atoms with E-state index in [1.807, 2.05) is 32.0 Å². The van der Waals surface area contributed by atoms with E-state index in [4.69, 9.17) is 14.2 Å². The van der Waals surface area contributed by atoms with Crippen molar-refractivity contribution < 1.29 is 24.6 Å². The molecule has 5 heteroatoms. The van der Waals surface area contributed by atoms with Crippen LogP contribution < -0.4 is 14.8 Å². The number of benzene rings is 1. The summed E-state index contributed by atoms with van der Waals surface area (Å²) in [5.41, 5.74) is 0.298. The smallest absolute Gasteiger partial charge is 0.231 e. The zero-order valence-electron chi connectivity index (χ0n) is 12.7. The zero-order valence-corrected chi connectivity index (χ0v) is 12.7. The van der Waals surface area contributed by atoms with Gasteiger partial charge in [-0.05, 0) is 32.0 Å². The summed E-state index contributed by atoms with van der Waals surface area (Å²) in [6.45, 7) is 6.51. The van der Waals surface area contributed by atoms with Gasteiger partial charge in [-0.3, -0.25) is 0 Å². The molecule has 0 aromatic heterocycles. The maximum absolute atomic E-state index is 10.7. The number of ether oxygens (including phenoxy) is 3. The third-order valence-electron chi connectivity index (χ3n) is 4.16. The Morgan fingerprint density at radius 3 is 2.86 bits per heavy atom. The number of rotatable bonds is 4. The molecule has 0 unspecified atom stereocenters. The summed E-state index contributed by atoms with van der Waals surface area (Å²) < 4.78 is 16.4. The van der Waals surface area contributed by atoms with Crippen LogP contribution in [0.15, 0.2) is 18.2 Å². The number of nitrogens with two attached hydrogens (primary N) is 1. The van der Waals surface area contributed by atoms with Crippen LogP contribution in [0.5, 0.6) is 11.5 Å². The molecule has 1 aromatic carbocycles. The minimum Gasteiger partial charge on any atom is -0.454 e. The molecule has 0 radical (unpaired) electrons. The monoisotopic (exact) mass is 294 g/mol.